The van der Waals surface area contributed by atoms with E-state index in [2.05, 4.69) is 14.5 Å². The topological polar surface area (TPSA) is 69.6 Å². The van der Waals surface area contributed by atoms with Crippen molar-refractivity contribution in [2.45, 2.75) is 6.92 Å². The summed E-state index contributed by atoms with van der Waals surface area (Å²) in [4.78, 5) is 4.09. The molecule has 2 heterocycles. The number of nitrogens with zero attached hydrogens (tertiary/aromatic N) is 4. The molecule has 0 atom stereocenters. The number of hydrogen-bond acceptors (Lipinski definition) is 5. The average Bonchev–Trinajstić information content (AvgIpc) is 2.58. The molecule has 0 amide bonds. The number of nitrogens with two attached hydrogens (primary N) is 1. The molecule has 13 heavy (non-hydrogen) atoms. The molecule has 2 aromatic rings. The first kappa shape index (κ1) is 8.18. The highest BCUT2D eigenvalue weighted by Gasteiger charge is 2.09. The van der Waals surface area contributed by atoms with E-state index < -0.39 is 0 Å². The molecule has 0 fully saturated rings. The zero-order valence-corrected chi connectivity index (χ0v) is 8.17. The van der Waals surface area contributed by atoms with Gasteiger partial charge in [0, 0.05) is 13.2 Å². The molecule has 0 aliphatic rings. The molecule has 0 saturated heterocycles. The van der Waals surface area contributed by atoms with Crippen LogP contribution >= 0.6 is 11.5 Å². The molecule has 2 N–H and O–H groups in total. The van der Waals surface area contributed by atoms with Crippen molar-refractivity contribution in [1.82, 2.24) is 19.1 Å². The zero-order valence-electron chi connectivity index (χ0n) is 7.35. The van der Waals surface area contributed by atoms with Crippen LogP contribution in [0.2, 0.25) is 0 Å². The van der Waals surface area contributed by atoms with Gasteiger partial charge in [0.1, 0.15) is 5.01 Å². The van der Waals surface area contributed by atoms with Crippen LogP contribution in [-0.2, 0) is 7.05 Å². The number of hydrogen-bond donors (Lipinski definition) is 1. The Balaban J connectivity index is 2.51. The van der Waals surface area contributed by atoms with Gasteiger partial charge in [0.2, 0.25) is 5.95 Å². The number of anilines is 1. The fourth-order valence-corrected chi connectivity index (χ4v) is 1.81. The smallest absolute Gasteiger partial charge is 0.232 e. The van der Waals surface area contributed by atoms with Crippen molar-refractivity contribution in [3.05, 3.63) is 11.9 Å². The molecule has 0 saturated carbocycles. The summed E-state index contributed by atoms with van der Waals surface area (Å²) in [5.41, 5.74) is 7.37. The predicted octanol–water partition coefficient (Wildman–Crippen LogP) is 0.829. The second-order valence-electron chi connectivity index (χ2n) is 2.76. The number of aromatic nitrogens is 4. The van der Waals surface area contributed by atoms with Crippen LogP contribution in [0, 0.1) is 6.92 Å². The van der Waals surface area contributed by atoms with Gasteiger partial charge in [-0.1, -0.05) is 0 Å². The molecule has 5 nitrogen and oxygen atoms in total. The van der Waals surface area contributed by atoms with Gasteiger partial charge in [0.25, 0.3) is 0 Å². The summed E-state index contributed by atoms with van der Waals surface area (Å²) in [7, 11) is 1.88. The van der Waals surface area contributed by atoms with E-state index in [-0.39, 0.29) is 0 Å². The normalized spacial score (nSPS) is 10.6. The Kier molecular flexibility index (Phi) is 1.77. The molecule has 2 rings (SSSR count). The Labute approximate surface area is 79.4 Å². The summed E-state index contributed by atoms with van der Waals surface area (Å²) in [5.74, 6) is 0.322. The Hall–Kier alpha value is -1.43. The van der Waals surface area contributed by atoms with Gasteiger partial charge in [-0.3, -0.25) is 4.68 Å². The Morgan fingerprint density at radius 1 is 1.54 bits per heavy atom. The summed E-state index contributed by atoms with van der Waals surface area (Å²) in [6, 6.07) is 0. The van der Waals surface area contributed by atoms with Crippen LogP contribution < -0.4 is 5.73 Å². The van der Waals surface area contributed by atoms with Gasteiger partial charge in [-0.2, -0.15) is 14.5 Å². The fourth-order valence-electron chi connectivity index (χ4n) is 1.15. The molecular weight excluding hydrogens is 186 g/mol. The molecular formula is C7H9N5S. The highest BCUT2D eigenvalue weighted by molar-refractivity contribution is 7.09. The molecule has 0 spiro atoms. The standard InChI is InChI=1S/C7H9N5S/c1-4-5(3-12(2)10-4)6-9-7(8)11-13-6/h3H,1-2H3,(H2,8,11). The summed E-state index contributed by atoms with van der Waals surface area (Å²) >= 11 is 1.29. The quantitative estimate of drug-likeness (QED) is 0.731. The van der Waals surface area contributed by atoms with E-state index in [9.17, 15) is 0 Å². The van der Waals surface area contributed by atoms with E-state index in [0.717, 1.165) is 16.3 Å². The summed E-state index contributed by atoms with van der Waals surface area (Å²) in [6.07, 6.45) is 1.91. The highest BCUT2D eigenvalue weighted by atomic mass is 32.1. The highest BCUT2D eigenvalue weighted by Crippen LogP contribution is 2.24. The Morgan fingerprint density at radius 2 is 2.31 bits per heavy atom. The first-order valence-corrected chi connectivity index (χ1v) is 4.54. The van der Waals surface area contributed by atoms with E-state index in [1.807, 2.05) is 20.2 Å². The van der Waals surface area contributed by atoms with E-state index in [4.69, 9.17) is 5.73 Å². The lowest BCUT2D eigenvalue weighted by Crippen LogP contribution is -1.86. The lowest BCUT2D eigenvalue weighted by molar-refractivity contribution is 0.756. The minimum absolute atomic E-state index is 0.322. The van der Waals surface area contributed by atoms with Crippen molar-refractivity contribution >= 4 is 17.5 Å². The first-order valence-electron chi connectivity index (χ1n) is 3.76. The maximum Gasteiger partial charge on any atom is 0.232 e. The Bertz CT molecular complexity index is 430. The summed E-state index contributed by atoms with van der Waals surface area (Å²) in [6.45, 7) is 1.94. The van der Waals surface area contributed by atoms with Crippen molar-refractivity contribution in [2.24, 2.45) is 7.05 Å². The molecule has 6 heteroatoms. The van der Waals surface area contributed by atoms with Crippen molar-refractivity contribution < 1.29 is 0 Å². The Morgan fingerprint density at radius 3 is 2.77 bits per heavy atom. The molecule has 68 valence electrons. The third-order valence-corrected chi connectivity index (χ3v) is 2.45. The van der Waals surface area contributed by atoms with E-state index in [1.54, 1.807) is 4.68 Å². The van der Waals surface area contributed by atoms with Crippen LogP contribution in [0.25, 0.3) is 10.6 Å². The number of nitrogen functional groups attached to an aromatic ring is 1. The minimum atomic E-state index is 0.322. The van der Waals surface area contributed by atoms with Crippen LogP contribution in [0.15, 0.2) is 6.20 Å². The fraction of sp³-hybridized carbons (Fsp3) is 0.286. The molecule has 0 aliphatic carbocycles. The zero-order chi connectivity index (χ0) is 9.42. The van der Waals surface area contributed by atoms with Crippen LogP contribution in [0.4, 0.5) is 5.95 Å². The van der Waals surface area contributed by atoms with Gasteiger partial charge in [-0.25, -0.2) is 0 Å². The molecule has 0 unspecified atom stereocenters. The largest absolute Gasteiger partial charge is 0.367 e. The summed E-state index contributed by atoms with van der Waals surface area (Å²) < 4.78 is 5.67. The molecule has 2 aromatic heterocycles. The monoisotopic (exact) mass is 195 g/mol. The lowest BCUT2D eigenvalue weighted by atomic mass is 10.3. The SMILES string of the molecule is Cc1nn(C)cc1-c1nc(N)ns1. The van der Waals surface area contributed by atoms with Gasteiger partial charge in [-0.05, 0) is 18.5 Å². The molecule has 0 radical (unpaired) electrons. The van der Waals surface area contributed by atoms with Gasteiger partial charge in [0.05, 0.1) is 11.3 Å². The minimum Gasteiger partial charge on any atom is -0.367 e. The average molecular weight is 195 g/mol. The van der Waals surface area contributed by atoms with Crippen LogP contribution in [0.5, 0.6) is 0 Å². The summed E-state index contributed by atoms with van der Waals surface area (Å²) in [5, 5.41) is 5.03. The maximum absolute atomic E-state index is 5.43. The number of aryl methyl sites for hydroxylation is 2. The number of rotatable bonds is 1. The van der Waals surface area contributed by atoms with E-state index >= 15 is 0 Å². The molecule has 0 aliphatic heterocycles. The third-order valence-electron chi connectivity index (χ3n) is 1.69. The van der Waals surface area contributed by atoms with Crippen molar-refractivity contribution in [2.75, 3.05) is 5.73 Å². The lowest BCUT2D eigenvalue weighted by Gasteiger charge is -1.87. The third kappa shape index (κ3) is 1.40. The van der Waals surface area contributed by atoms with Crippen molar-refractivity contribution in [1.29, 1.82) is 0 Å². The van der Waals surface area contributed by atoms with Gasteiger partial charge >= 0.3 is 0 Å². The van der Waals surface area contributed by atoms with Crippen molar-refractivity contribution in [3.8, 4) is 10.6 Å². The molecule has 0 aromatic carbocycles. The van der Waals surface area contributed by atoms with Gasteiger partial charge in [-0.15, -0.1) is 0 Å². The van der Waals surface area contributed by atoms with Crippen LogP contribution in [0.3, 0.4) is 0 Å². The second-order valence-corrected chi connectivity index (χ2v) is 3.51. The van der Waals surface area contributed by atoms with Crippen molar-refractivity contribution in [3.63, 3.8) is 0 Å². The van der Waals surface area contributed by atoms with Crippen LogP contribution in [0.1, 0.15) is 5.69 Å². The first-order chi connectivity index (χ1) is 6.16. The predicted molar refractivity (Wildman–Crippen MR) is 51.3 cm³/mol. The maximum atomic E-state index is 5.43. The second kappa shape index (κ2) is 2.81. The van der Waals surface area contributed by atoms with Crippen LogP contribution in [-0.4, -0.2) is 19.1 Å². The van der Waals surface area contributed by atoms with Gasteiger partial charge in [0.15, 0.2) is 0 Å². The van der Waals surface area contributed by atoms with E-state index in [1.165, 1.54) is 11.5 Å². The van der Waals surface area contributed by atoms with E-state index in [0.29, 0.717) is 5.95 Å². The molecule has 0 bridgehead atoms. The van der Waals surface area contributed by atoms with Gasteiger partial charge < -0.3 is 5.73 Å².